The summed E-state index contributed by atoms with van der Waals surface area (Å²) in [7, 11) is 0. The van der Waals surface area contributed by atoms with Crippen LogP contribution in [0.15, 0.2) is 42.5 Å². The van der Waals surface area contributed by atoms with E-state index in [0.717, 1.165) is 22.4 Å². The van der Waals surface area contributed by atoms with E-state index in [0.29, 0.717) is 5.56 Å². The van der Waals surface area contributed by atoms with Crippen molar-refractivity contribution in [2.45, 2.75) is 33.7 Å². The summed E-state index contributed by atoms with van der Waals surface area (Å²) in [5, 5.41) is 7.98. The van der Waals surface area contributed by atoms with Crippen molar-refractivity contribution in [1.29, 1.82) is 0 Å². The van der Waals surface area contributed by atoms with Crippen LogP contribution in [0.4, 0.5) is 5.69 Å². The number of benzene rings is 2. The Kier molecular flexibility index (Phi) is 6.71. The summed E-state index contributed by atoms with van der Waals surface area (Å²) in [6.45, 7) is 7.11. The SMILES string of the molecule is Cc1cccc(C(=O)NC(C)C(=O)NCC(=O)Nc2c(C)cccc2C)c1. The Morgan fingerprint density at radius 1 is 0.963 bits per heavy atom. The molecule has 0 aliphatic rings. The van der Waals surface area contributed by atoms with Crippen LogP contribution in [0.3, 0.4) is 0 Å². The summed E-state index contributed by atoms with van der Waals surface area (Å²) in [4.78, 5) is 36.5. The first-order chi connectivity index (χ1) is 12.8. The maximum Gasteiger partial charge on any atom is 0.251 e. The van der Waals surface area contributed by atoms with Crippen LogP contribution < -0.4 is 16.0 Å². The molecule has 2 aromatic rings. The van der Waals surface area contributed by atoms with Gasteiger partial charge in [-0.3, -0.25) is 14.4 Å². The third-order valence-electron chi connectivity index (χ3n) is 4.19. The molecule has 1 unspecified atom stereocenters. The van der Waals surface area contributed by atoms with Crippen LogP contribution in [0, 0.1) is 20.8 Å². The fourth-order valence-electron chi connectivity index (χ4n) is 2.65. The Hall–Kier alpha value is -3.15. The van der Waals surface area contributed by atoms with E-state index in [9.17, 15) is 14.4 Å². The molecule has 0 heterocycles. The van der Waals surface area contributed by atoms with Crippen LogP contribution in [0.5, 0.6) is 0 Å². The van der Waals surface area contributed by atoms with Crippen molar-refractivity contribution < 1.29 is 14.4 Å². The van der Waals surface area contributed by atoms with Gasteiger partial charge >= 0.3 is 0 Å². The second kappa shape index (κ2) is 8.98. The van der Waals surface area contributed by atoms with Gasteiger partial charge in [-0.2, -0.15) is 0 Å². The lowest BCUT2D eigenvalue weighted by Gasteiger charge is -2.15. The minimum atomic E-state index is -0.758. The normalized spacial score (nSPS) is 11.4. The summed E-state index contributed by atoms with van der Waals surface area (Å²) in [6, 6.07) is 12.1. The van der Waals surface area contributed by atoms with Crippen LogP contribution in [0.1, 0.15) is 34.0 Å². The molecule has 0 radical (unpaired) electrons. The van der Waals surface area contributed by atoms with Gasteiger partial charge in [-0.25, -0.2) is 0 Å². The monoisotopic (exact) mass is 367 g/mol. The average molecular weight is 367 g/mol. The van der Waals surface area contributed by atoms with E-state index < -0.39 is 11.9 Å². The molecule has 6 heteroatoms. The number of hydrogen-bond acceptors (Lipinski definition) is 3. The summed E-state index contributed by atoms with van der Waals surface area (Å²) in [5.74, 6) is -1.08. The molecular formula is C21H25N3O3. The van der Waals surface area contributed by atoms with Gasteiger partial charge in [-0.1, -0.05) is 35.9 Å². The highest BCUT2D eigenvalue weighted by atomic mass is 16.2. The second-order valence-electron chi connectivity index (χ2n) is 6.60. The average Bonchev–Trinajstić information content (AvgIpc) is 2.62. The molecule has 0 spiro atoms. The molecule has 0 aliphatic carbocycles. The number of carbonyl (C=O) groups excluding carboxylic acids is 3. The Labute approximate surface area is 159 Å². The fourth-order valence-corrected chi connectivity index (χ4v) is 2.65. The first kappa shape index (κ1) is 20.2. The minimum Gasteiger partial charge on any atom is -0.345 e. The highest BCUT2D eigenvalue weighted by Gasteiger charge is 2.17. The maximum atomic E-state index is 12.2. The smallest absolute Gasteiger partial charge is 0.251 e. The first-order valence-corrected chi connectivity index (χ1v) is 8.79. The number of anilines is 1. The maximum absolute atomic E-state index is 12.2. The molecule has 3 N–H and O–H groups in total. The number of aryl methyl sites for hydroxylation is 3. The minimum absolute atomic E-state index is 0.169. The lowest BCUT2D eigenvalue weighted by atomic mass is 10.1. The predicted molar refractivity (Wildman–Crippen MR) is 106 cm³/mol. The molecule has 2 aromatic carbocycles. The molecule has 0 aliphatic heterocycles. The first-order valence-electron chi connectivity index (χ1n) is 8.79. The van der Waals surface area contributed by atoms with E-state index in [4.69, 9.17) is 0 Å². The van der Waals surface area contributed by atoms with Gasteiger partial charge in [0.15, 0.2) is 0 Å². The Morgan fingerprint density at radius 2 is 1.59 bits per heavy atom. The van der Waals surface area contributed by atoms with Crippen molar-refractivity contribution >= 4 is 23.4 Å². The van der Waals surface area contributed by atoms with Gasteiger partial charge in [0.25, 0.3) is 5.91 Å². The van der Waals surface area contributed by atoms with Gasteiger partial charge < -0.3 is 16.0 Å². The zero-order chi connectivity index (χ0) is 20.0. The standard InChI is InChI=1S/C21H25N3O3/c1-13-7-5-10-17(11-13)21(27)23-16(4)20(26)22-12-18(25)24-19-14(2)8-6-9-15(19)3/h5-11,16H,12H2,1-4H3,(H,22,26)(H,23,27)(H,24,25). The van der Waals surface area contributed by atoms with Crippen LogP contribution in [-0.4, -0.2) is 30.3 Å². The highest BCUT2D eigenvalue weighted by Crippen LogP contribution is 2.18. The quantitative estimate of drug-likeness (QED) is 0.733. The van der Waals surface area contributed by atoms with E-state index >= 15 is 0 Å². The largest absolute Gasteiger partial charge is 0.345 e. The molecular weight excluding hydrogens is 342 g/mol. The molecule has 3 amide bonds. The topological polar surface area (TPSA) is 87.3 Å². The van der Waals surface area contributed by atoms with Crippen LogP contribution >= 0.6 is 0 Å². The van der Waals surface area contributed by atoms with E-state index in [2.05, 4.69) is 16.0 Å². The molecule has 6 nitrogen and oxygen atoms in total. The number of hydrogen-bond donors (Lipinski definition) is 3. The molecule has 2 rings (SSSR count). The zero-order valence-corrected chi connectivity index (χ0v) is 16.1. The molecule has 142 valence electrons. The van der Waals surface area contributed by atoms with E-state index in [-0.39, 0.29) is 18.4 Å². The Morgan fingerprint density at radius 3 is 2.22 bits per heavy atom. The number of rotatable bonds is 6. The van der Waals surface area contributed by atoms with Crippen molar-refractivity contribution in [3.8, 4) is 0 Å². The van der Waals surface area contributed by atoms with E-state index in [1.807, 2.05) is 45.0 Å². The third kappa shape index (κ3) is 5.67. The van der Waals surface area contributed by atoms with Gasteiger partial charge in [-0.15, -0.1) is 0 Å². The molecule has 1 atom stereocenters. The van der Waals surface area contributed by atoms with Crippen molar-refractivity contribution in [2.24, 2.45) is 0 Å². The second-order valence-corrected chi connectivity index (χ2v) is 6.60. The van der Waals surface area contributed by atoms with Gasteiger partial charge in [-0.05, 0) is 51.0 Å². The Bertz CT molecular complexity index is 841. The summed E-state index contributed by atoms with van der Waals surface area (Å²) < 4.78 is 0. The van der Waals surface area contributed by atoms with Gasteiger partial charge in [0.2, 0.25) is 11.8 Å². The fraction of sp³-hybridized carbons (Fsp3) is 0.286. The summed E-state index contributed by atoms with van der Waals surface area (Å²) in [6.07, 6.45) is 0. The summed E-state index contributed by atoms with van der Waals surface area (Å²) in [5.41, 5.74) is 4.10. The zero-order valence-electron chi connectivity index (χ0n) is 16.1. The molecule has 0 fully saturated rings. The van der Waals surface area contributed by atoms with Crippen LogP contribution in [0.25, 0.3) is 0 Å². The summed E-state index contributed by atoms with van der Waals surface area (Å²) >= 11 is 0. The lowest BCUT2D eigenvalue weighted by Crippen LogP contribution is -2.46. The Balaban J connectivity index is 1.85. The van der Waals surface area contributed by atoms with Crippen molar-refractivity contribution in [3.05, 3.63) is 64.7 Å². The lowest BCUT2D eigenvalue weighted by molar-refractivity contribution is -0.125. The molecule has 0 saturated heterocycles. The van der Waals surface area contributed by atoms with Crippen molar-refractivity contribution in [2.75, 3.05) is 11.9 Å². The van der Waals surface area contributed by atoms with E-state index in [1.54, 1.807) is 25.1 Å². The van der Waals surface area contributed by atoms with Crippen LogP contribution in [0.2, 0.25) is 0 Å². The molecule has 0 saturated carbocycles. The molecule has 27 heavy (non-hydrogen) atoms. The molecule has 0 bridgehead atoms. The molecule has 0 aromatic heterocycles. The van der Waals surface area contributed by atoms with Crippen LogP contribution in [-0.2, 0) is 9.59 Å². The highest BCUT2D eigenvalue weighted by molar-refractivity contribution is 5.99. The van der Waals surface area contributed by atoms with Gasteiger partial charge in [0, 0.05) is 11.3 Å². The van der Waals surface area contributed by atoms with Gasteiger partial charge in [0.05, 0.1) is 6.54 Å². The number of nitrogens with one attached hydrogen (secondary N) is 3. The van der Waals surface area contributed by atoms with Crippen molar-refractivity contribution in [3.63, 3.8) is 0 Å². The number of amides is 3. The van der Waals surface area contributed by atoms with E-state index in [1.165, 1.54) is 0 Å². The number of carbonyl (C=O) groups is 3. The number of para-hydroxylation sites is 1. The predicted octanol–water partition coefficient (Wildman–Crippen LogP) is 2.49. The third-order valence-corrected chi connectivity index (χ3v) is 4.19. The van der Waals surface area contributed by atoms with Gasteiger partial charge in [0.1, 0.15) is 6.04 Å². The van der Waals surface area contributed by atoms with Crippen molar-refractivity contribution in [1.82, 2.24) is 10.6 Å².